The third-order valence-electron chi connectivity index (χ3n) is 9.41. The van der Waals surface area contributed by atoms with Gasteiger partial charge in [-0.3, -0.25) is 13.5 Å². The van der Waals surface area contributed by atoms with Gasteiger partial charge in [-0.2, -0.15) is 8.42 Å². The van der Waals surface area contributed by atoms with Crippen LogP contribution in [0.2, 0.25) is 0 Å². The van der Waals surface area contributed by atoms with Crippen LogP contribution in [-0.2, 0) is 14.9 Å². The van der Waals surface area contributed by atoms with Crippen LogP contribution in [-0.4, -0.2) is 44.9 Å². The molecule has 252 valence electrons. The summed E-state index contributed by atoms with van der Waals surface area (Å²) in [6.07, 6.45) is 6.98. The third kappa shape index (κ3) is 4.87. The van der Waals surface area contributed by atoms with E-state index in [1.54, 1.807) is 29.2 Å². The minimum atomic E-state index is -4.95. The fourth-order valence-electron chi connectivity index (χ4n) is 7.24. The van der Waals surface area contributed by atoms with Crippen molar-refractivity contribution in [3.8, 4) is 23.0 Å². The van der Waals surface area contributed by atoms with E-state index in [4.69, 9.17) is 14.5 Å². The van der Waals surface area contributed by atoms with Crippen LogP contribution in [0, 0.1) is 0 Å². The predicted octanol–water partition coefficient (Wildman–Crippen LogP) is 8.48. The van der Waals surface area contributed by atoms with Crippen LogP contribution in [0.5, 0.6) is 23.0 Å². The van der Waals surface area contributed by atoms with Crippen molar-refractivity contribution in [3.63, 3.8) is 0 Å². The second-order valence-corrected chi connectivity index (χ2v) is 14.6. The van der Waals surface area contributed by atoms with E-state index in [2.05, 4.69) is 35.9 Å². The average Bonchev–Trinajstić information content (AvgIpc) is 3.14. The van der Waals surface area contributed by atoms with Gasteiger partial charge in [0.2, 0.25) is 0 Å². The summed E-state index contributed by atoms with van der Waals surface area (Å²) in [5.41, 5.74) is 1.00. The molecule has 50 heavy (non-hydrogen) atoms. The number of para-hydroxylation sites is 8. The van der Waals surface area contributed by atoms with E-state index in [0.717, 1.165) is 0 Å². The first-order valence-corrected chi connectivity index (χ1v) is 18.1. The first-order valence-electron chi connectivity index (χ1n) is 16.0. The van der Waals surface area contributed by atoms with Gasteiger partial charge < -0.3 is 19.3 Å². The molecule has 4 heterocycles. The fourth-order valence-corrected chi connectivity index (χ4v) is 8.91. The van der Waals surface area contributed by atoms with Gasteiger partial charge in [0.05, 0.1) is 38.9 Å². The molecular formula is C37H31BrN6O5S. The van der Waals surface area contributed by atoms with Gasteiger partial charge in [0, 0.05) is 31.2 Å². The summed E-state index contributed by atoms with van der Waals surface area (Å²) in [6.45, 7) is 1.72. The van der Waals surface area contributed by atoms with Crippen LogP contribution in [0.1, 0.15) is 25.6 Å². The number of rotatable bonds is 8. The second-order valence-electron chi connectivity index (χ2n) is 12.1. The zero-order valence-electron chi connectivity index (χ0n) is 26.7. The SMILES string of the molecule is CCC(CC(C1N=CC=CN1Br)(N1c2ccccc2Oc2ccccc21)N1c2ccccc2Oc2ccccc21)(c1ncccn1)S(=O)(=O)O. The lowest BCUT2D eigenvalue weighted by atomic mass is 9.83. The Bertz CT molecular complexity index is 2070. The van der Waals surface area contributed by atoms with Crippen molar-refractivity contribution < 1.29 is 22.4 Å². The Labute approximate surface area is 298 Å². The Hall–Kier alpha value is -5.24. The molecule has 5 aromatic rings. The molecule has 0 spiro atoms. The first-order chi connectivity index (χ1) is 24.3. The van der Waals surface area contributed by atoms with E-state index in [9.17, 15) is 13.0 Å². The van der Waals surface area contributed by atoms with E-state index in [1.165, 1.54) is 12.4 Å². The largest absolute Gasteiger partial charge is 0.453 e. The molecule has 11 nitrogen and oxygen atoms in total. The van der Waals surface area contributed by atoms with Gasteiger partial charge in [-0.25, -0.2) is 9.97 Å². The lowest BCUT2D eigenvalue weighted by Gasteiger charge is -2.59. The van der Waals surface area contributed by atoms with Crippen molar-refractivity contribution in [2.45, 2.75) is 36.3 Å². The highest BCUT2D eigenvalue weighted by molar-refractivity contribution is 9.07. The molecule has 1 aromatic heterocycles. The number of nitrogens with zero attached hydrogens (tertiary/aromatic N) is 6. The van der Waals surface area contributed by atoms with Gasteiger partial charge in [-0.1, -0.05) is 55.5 Å². The highest BCUT2D eigenvalue weighted by Crippen LogP contribution is 2.61. The first kappa shape index (κ1) is 32.0. The van der Waals surface area contributed by atoms with Crippen LogP contribution in [0.15, 0.2) is 133 Å². The number of fused-ring (bicyclic) bond motifs is 4. The number of benzene rings is 4. The van der Waals surface area contributed by atoms with E-state index < -0.39 is 26.7 Å². The number of ether oxygens (including phenoxy) is 2. The summed E-state index contributed by atoms with van der Waals surface area (Å²) in [5, 5.41) is 0. The maximum absolute atomic E-state index is 14.2. The quantitative estimate of drug-likeness (QED) is 0.122. The highest BCUT2D eigenvalue weighted by atomic mass is 79.9. The fraction of sp³-hybridized carbons (Fsp3) is 0.162. The predicted molar refractivity (Wildman–Crippen MR) is 195 cm³/mol. The topological polar surface area (TPSA) is 121 Å². The summed E-state index contributed by atoms with van der Waals surface area (Å²) in [6, 6.07) is 32.0. The van der Waals surface area contributed by atoms with Crippen molar-refractivity contribution >= 4 is 55.2 Å². The smallest absolute Gasteiger partial charge is 0.278 e. The molecule has 3 aliphatic heterocycles. The molecule has 0 saturated carbocycles. The van der Waals surface area contributed by atoms with Gasteiger partial charge in [0.1, 0.15) is 0 Å². The highest BCUT2D eigenvalue weighted by Gasteiger charge is 2.63. The summed E-state index contributed by atoms with van der Waals surface area (Å²) >= 11 is 3.79. The molecule has 4 aromatic carbocycles. The van der Waals surface area contributed by atoms with Crippen LogP contribution in [0.3, 0.4) is 0 Å². The Morgan fingerprint density at radius 1 is 0.740 bits per heavy atom. The van der Waals surface area contributed by atoms with E-state index >= 15 is 0 Å². The summed E-state index contributed by atoms with van der Waals surface area (Å²) in [7, 11) is -4.95. The van der Waals surface area contributed by atoms with E-state index in [-0.39, 0.29) is 18.7 Å². The minimum Gasteiger partial charge on any atom is -0.453 e. The second kappa shape index (κ2) is 12.3. The number of hydrogen-bond acceptors (Lipinski definition) is 10. The molecule has 0 aliphatic carbocycles. The van der Waals surface area contributed by atoms with Gasteiger partial charge >= 0.3 is 0 Å². The Morgan fingerprint density at radius 3 is 1.58 bits per heavy atom. The number of allylic oxidation sites excluding steroid dienone is 1. The summed E-state index contributed by atoms with van der Waals surface area (Å²) in [5.74, 6) is 2.15. The minimum absolute atomic E-state index is 0.0458. The van der Waals surface area contributed by atoms with Crippen molar-refractivity contribution in [2.75, 3.05) is 9.80 Å². The molecule has 1 N–H and O–H groups in total. The molecule has 2 atom stereocenters. The third-order valence-corrected chi connectivity index (χ3v) is 11.6. The lowest BCUT2D eigenvalue weighted by molar-refractivity contribution is 0.206. The van der Waals surface area contributed by atoms with Crippen molar-refractivity contribution in [1.29, 1.82) is 0 Å². The molecule has 0 fully saturated rings. The van der Waals surface area contributed by atoms with Gasteiger partial charge in [-0.15, -0.1) is 0 Å². The van der Waals surface area contributed by atoms with Crippen molar-refractivity contribution in [3.05, 3.63) is 134 Å². The average molecular weight is 752 g/mol. The maximum atomic E-state index is 14.2. The van der Waals surface area contributed by atoms with Crippen LogP contribution < -0.4 is 19.3 Å². The summed E-state index contributed by atoms with van der Waals surface area (Å²) in [4.78, 5) is 18.2. The van der Waals surface area contributed by atoms with Gasteiger partial charge in [0.25, 0.3) is 10.1 Å². The van der Waals surface area contributed by atoms with Crippen molar-refractivity contribution in [1.82, 2.24) is 13.9 Å². The number of hydrogen-bond donors (Lipinski definition) is 1. The van der Waals surface area contributed by atoms with E-state index in [0.29, 0.717) is 45.7 Å². The Kier molecular flexibility index (Phi) is 7.85. The zero-order chi connectivity index (χ0) is 34.5. The Balaban J connectivity index is 1.58. The monoisotopic (exact) mass is 750 g/mol. The molecule has 3 aliphatic rings. The molecule has 8 rings (SSSR count). The molecule has 0 radical (unpaired) electrons. The molecular weight excluding hydrogens is 720 g/mol. The maximum Gasteiger partial charge on any atom is 0.278 e. The van der Waals surface area contributed by atoms with Gasteiger partial charge in [-0.05, 0) is 67.1 Å². The van der Waals surface area contributed by atoms with E-state index in [1.807, 2.05) is 103 Å². The lowest BCUT2D eigenvalue weighted by Crippen LogP contribution is -2.70. The summed E-state index contributed by atoms with van der Waals surface area (Å²) < 4.78 is 52.6. The number of halogens is 1. The molecule has 2 unspecified atom stereocenters. The normalized spacial score (nSPS) is 17.4. The molecule has 0 bridgehead atoms. The Morgan fingerprint density at radius 2 is 1.18 bits per heavy atom. The van der Waals surface area contributed by atoms with Gasteiger partial charge in [0.15, 0.2) is 45.4 Å². The van der Waals surface area contributed by atoms with Crippen LogP contribution in [0.25, 0.3) is 0 Å². The number of anilines is 4. The number of aromatic nitrogens is 2. The molecule has 0 saturated heterocycles. The zero-order valence-corrected chi connectivity index (χ0v) is 29.1. The van der Waals surface area contributed by atoms with Crippen LogP contribution in [0.4, 0.5) is 22.7 Å². The van der Waals surface area contributed by atoms with Crippen molar-refractivity contribution in [2.24, 2.45) is 4.99 Å². The molecule has 0 amide bonds. The number of aliphatic imine (C=N–C) groups is 1. The van der Waals surface area contributed by atoms with Crippen LogP contribution >= 0.6 is 16.1 Å². The standard InChI is InChI=1S/C37H31BrN6O5S/c1-2-36(50(45,46)47,34-39-21-11-22-40-34)25-37(35-41-23-12-24-42(35)38,43-26-13-3-7-17-30(26)48-31-18-8-4-14-27(31)43)44-28-15-5-9-19-32(28)49-33-20-10-6-16-29(33)44/h3-24,35H,2,25H2,1H3,(H,45,46,47). The molecule has 13 heteroatoms.